The topological polar surface area (TPSA) is 46.3 Å². The van der Waals surface area contributed by atoms with E-state index >= 15 is 0 Å². The first-order valence-electron chi connectivity index (χ1n) is 9.02. The molecule has 0 bridgehead atoms. The third-order valence-corrected chi connectivity index (χ3v) is 5.66. The summed E-state index contributed by atoms with van der Waals surface area (Å²) in [5.41, 5.74) is 5.88. The fourth-order valence-corrected chi connectivity index (χ4v) is 4.52. The summed E-state index contributed by atoms with van der Waals surface area (Å²) >= 11 is 0. The lowest BCUT2D eigenvalue weighted by Crippen LogP contribution is -2.52. The molecule has 0 aromatic carbocycles. The average Bonchev–Trinajstić information content (AvgIpc) is 2.46. The van der Waals surface area contributed by atoms with Crippen LogP contribution in [0, 0.1) is 23.7 Å². The zero-order chi connectivity index (χ0) is 15.4. The second-order valence-electron chi connectivity index (χ2n) is 7.80. The molecule has 4 atom stereocenters. The van der Waals surface area contributed by atoms with Crippen molar-refractivity contribution in [2.24, 2.45) is 29.4 Å². The fourth-order valence-electron chi connectivity index (χ4n) is 4.52. The molecule has 3 unspecified atom stereocenters. The number of nitrogens with zero attached hydrogens (tertiary/aromatic N) is 1. The number of likely N-dealkylation sites (tertiary alicyclic amines) is 1. The molecule has 3 heteroatoms. The second-order valence-corrected chi connectivity index (χ2v) is 7.80. The van der Waals surface area contributed by atoms with Gasteiger partial charge in [-0.2, -0.15) is 0 Å². The van der Waals surface area contributed by atoms with Crippen molar-refractivity contribution in [1.82, 2.24) is 4.90 Å². The van der Waals surface area contributed by atoms with Crippen LogP contribution in [0.25, 0.3) is 0 Å². The third kappa shape index (κ3) is 4.21. The Morgan fingerprint density at radius 2 is 1.95 bits per heavy atom. The van der Waals surface area contributed by atoms with Crippen LogP contribution < -0.4 is 5.73 Å². The van der Waals surface area contributed by atoms with Crippen molar-refractivity contribution in [2.75, 3.05) is 13.1 Å². The van der Waals surface area contributed by atoms with E-state index in [1.807, 2.05) is 0 Å². The van der Waals surface area contributed by atoms with Gasteiger partial charge in [-0.15, -0.1) is 0 Å². The summed E-state index contributed by atoms with van der Waals surface area (Å²) in [4.78, 5) is 15.0. The number of hydrogen-bond donors (Lipinski definition) is 1. The Labute approximate surface area is 130 Å². The standard InChI is InChI=1S/C18H34N2O/c1-13(2)10-15(12-19)11-18(21)20-9-8-14(3)16-6-4-5-7-17(16)20/h13-17H,4-12,19H2,1-3H3/t14?,15-,16?,17?/m0/s1. The summed E-state index contributed by atoms with van der Waals surface area (Å²) in [5, 5.41) is 0. The summed E-state index contributed by atoms with van der Waals surface area (Å²) in [5.74, 6) is 2.89. The second kappa shape index (κ2) is 7.62. The molecule has 1 aliphatic heterocycles. The summed E-state index contributed by atoms with van der Waals surface area (Å²) in [6, 6.07) is 0.521. The van der Waals surface area contributed by atoms with E-state index in [0.29, 0.717) is 36.8 Å². The van der Waals surface area contributed by atoms with Crippen LogP contribution in [0.4, 0.5) is 0 Å². The highest BCUT2D eigenvalue weighted by molar-refractivity contribution is 5.77. The zero-order valence-electron chi connectivity index (χ0n) is 14.2. The molecule has 1 saturated carbocycles. The first-order chi connectivity index (χ1) is 10.0. The van der Waals surface area contributed by atoms with Crippen molar-refractivity contribution in [3.05, 3.63) is 0 Å². The van der Waals surface area contributed by atoms with Gasteiger partial charge in [0.2, 0.25) is 5.91 Å². The monoisotopic (exact) mass is 294 g/mol. The SMILES string of the molecule is CC(C)C[C@H](CN)CC(=O)N1CCC(C)C2CCCCC21. The third-order valence-electron chi connectivity index (χ3n) is 5.66. The van der Waals surface area contributed by atoms with Gasteiger partial charge in [-0.3, -0.25) is 4.79 Å². The molecule has 1 heterocycles. The van der Waals surface area contributed by atoms with Crippen LogP contribution in [0.15, 0.2) is 0 Å². The van der Waals surface area contributed by atoms with E-state index < -0.39 is 0 Å². The first-order valence-corrected chi connectivity index (χ1v) is 9.02. The number of piperidine rings is 1. The van der Waals surface area contributed by atoms with Crippen molar-refractivity contribution in [1.29, 1.82) is 0 Å². The summed E-state index contributed by atoms with van der Waals surface area (Å²) in [6.07, 6.45) is 8.10. The summed E-state index contributed by atoms with van der Waals surface area (Å²) < 4.78 is 0. The molecule has 2 aliphatic rings. The summed E-state index contributed by atoms with van der Waals surface area (Å²) in [6.45, 7) is 8.43. The van der Waals surface area contributed by atoms with Gasteiger partial charge in [0.05, 0.1) is 0 Å². The molecule has 1 aliphatic carbocycles. The molecular formula is C18H34N2O. The van der Waals surface area contributed by atoms with Crippen molar-refractivity contribution < 1.29 is 4.79 Å². The molecule has 0 aromatic heterocycles. The highest BCUT2D eigenvalue weighted by Crippen LogP contribution is 2.39. The van der Waals surface area contributed by atoms with Gasteiger partial charge < -0.3 is 10.6 Å². The Bertz CT molecular complexity index is 342. The Hall–Kier alpha value is -0.570. The molecule has 1 amide bonds. The van der Waals surface area contributed by atoms with E-state index in [0.717, 1.165) is 24.8 Å². The molecule has 21 heavy (non-hydrogen) atoms. The maximum Gasteiger partial charge on any atom is 0.223 e. The van der Waals surface area contributed by atoms with E-state index in [-0.39, 0.29) is 0 Å². The van der Waals surface area contributed by atoms with Crippen LogP contribution >= 0.6 is 0 Å². The predicted molar refractivity (Wildman–Crippen MR) is 87.9 cm³/mol. The zero-order valence-corrected chi connectivity index (χ0v) is 14.2. The van der Waals surface area contributed by atoms with Crippen LogP contribution in [-0.2, 0) is 4.79 Å². The Morgan fingerprint density at radius 1 is 1.24 bits per heavy atom. The lowest BCUT2D eigenvalue weighted by molar-refractivity contribution is -0.140. The van der Waals surface area contributed by atoms with Crippen molar-refractivity contribution in [2.45, 2.75) is 71.8 Å². The normalized spacial score (nSPS) is 31.1. The van der Waals surface area contributed by atoms with Crippen molar-refractivity contribution in [3.63, 3.8) is 0 Å². The van der Waals surface area contributed by atoms with Gasteiger partial charge in [0, 0.05) is 19.0 Å². The van der Waals surface area contributed by atoms with E-state index in [1.54, 1.807) is 0 Å². The minimum Gasteiger partial charge on any atom is -0.339 e. The minimum atomic E-state index is 0.360. The van der Waals surface area contributed by atoms with Gasteiger partial charge in [-0.05, 0) is 55.9 Å². The van der Waals surface area contributed by atoms with Crippen LogP contribution in [0.2, 0.25) is 0 Å². The first kappa shape index (κ1) is 16.8. The number of fused-ring (bicyclic) bond motifs is 1. The largest absolute Gasteiger partial charge is 0.339 e. The molecule has 0 spiro atoms. The predicted octanol–water partition coefficient (Wildman–Crippen LogP) is 3.42. The van der Waals surface area contributed by atoms with Gasteiger partial charge >= 0.3 is 0 Å². The van der Waals surface area contributed by atoms with Gasteiger partial charge in [0.15, 0.2) is 0 Å². The van der Waals surface area contributed by atoms with Crippen LogP contribution in [0.5, 0.6) is 0 Å². The molecule has 2 N–H and O–H groups in total. The molecule has 0 aromatic rings. The Morgan fingerprint density at radius 3 is 2.62 bits per heavy atom. The van der Waals surface area contributed by atoms with E-state index in [9.17, 15) is 4.79 Å². The number of amides is 1. The molecule has 1 saturated heterocycles. The number of carbonyl (C=O) groups excluding carboxylic acids is 1. The summed E-state index contributed by atoms with van der Waals surface area (Å²) in [7, 11) is 0. The molecule has 2 fully saturated rings. The Balaban J connectivity index is 1.97. The fraction of sp³-hybridized carbons (Fsp3) is 0.944. The van der Waals surface area contributed by atoms with Crippen molar-refractivity contribution in [3.8, 4) is 0 Å². The lowest BCUT2D eigenvalue weighted by Gasteiger charge is -2.47. The highest BCUT2D eigenvalue weighted by atomic mass is 16.2. The smallest absolute Gasteiger partial charge is 0.223 e. The molecule has 3 nitrogen and oxygen atoms in total. The van der Waals surface area contributed by atoms with Gasteiger partial charge in [0.1, 0.15) is 0 Å². The van der Waals surface area contributed by atoms with Crippen LogP contribution in [-0.4, -0.2) is 29.9 Å². The van der Waals surface area contributed by atoms with Gasteiger partial charge in [-0.25, -0.2) is 0 Å². The van der Waals surface area contributed by atoms with Crippen molar-refractivity contribution >= 4 is 5.91 Å². The molecule has 122 valence electrons. The quantitative estimate of drug-likeness (QED) is 0.844. The van der Waals surface area contributed by atoms with Crippen LogP contribution in [0.1, 0.15) is 65.7 Å². The molecule has 0 radical (unpaired) electrons. The lowest BCUT2D eigenvalue weighted by atomic mass is 9.72. The number of rotatable bonds is 5. The minimum absolute atomic E-state index is 0.360. The van der Waals surface area contributed by atoms with Gasteiger partial charge in [0.25, 0.3) is 0 Å². The average molecular weight is 294 g/mol. The number of hydrogen-bond acceptors (Lipinski definition) is 2. The van der Waals surface area contributed by atoms with E-state index in [1.165, 1.54) is 32.1 Å². The maximum absolute atomic E-state index is 12.8. The number of nitrogens with two attached hydrogens (primary N) is 1. The van der Waals surface area contributed by atoms with Gasteiger partial charge in [-0.1, -0.05) is 33.6 Å². The van der Waals surface area contributed by atoms with E-state index in [2.05, 4.69) is 25.7 Å². The van der Waals surface area contributed by atoms with Crippen LogP contribution in [0.3, 0.4) is 0 Å². The molecular weight excluding hydrogens is 260 g/mol. The maximum atomic E-state index is 12.8. The highest BCUT2D eigenvalue weighted by Gasteiger charge is 2.39. The Kier molecular flexibility index (Phi) is 6.09. The molecule has 2 rings (SSSR count). The number of carbonyl (C=O) groups is 1. The van der Waals surface area contributed by atoms with E-state index in [4.69, 9.17) is 5.73 Å².